The lowest BCUT2D eigenvalue weighted by Crippen LogP contribution is -2.18. The Kier molecular flexibility index (Phi) is 7.05. The van der Waals surface area contributed by atoms with E-state index in [-0.39, 0.29) is 5.92 Å². The highest BCUT2D eigenvalue weighted by molar-refractivity contribution is 5.85. The molecule has 2 aromatic rings. The zero-order valence-corrected chi connectivity index (χ0v) is 14.4. The van der Waals surface area contributed by atoms with Gasteiger partial charge >= 0.3 is 0 Å². The normalized spacial score (nSPS) is 12.3. The van der Waals surface area contributed by atoms with E-state index in [1.54, 1.807) is 12.5 Å². The number of nitrogens with zero attached hydrogens (tertiary/aromatic N) is 2. The SMILES string of the molecule is CCCCCCCC(=O)C(Cn1ccnc1)c1ccc(C)cc1. The van der Waals surface area contributed by atoms with Crippen LogP contribution in [0.1, 0.15) is 62.5 Å². The standard InChI is InChI=1S/C20H28N2O/c1-3-4-5-6-7-8-20(23)19(15-22-14-13-21-16-22)18-11-9-17(2)10-12-18/h9-14,16,19H,3-8,15H2,1-2H3. The third-order valence-corrected chi connectivity index (χ3v) is 4.35. The van der Waals surface area contributed by atoms with E-state index in [0.717, 1.165) is 18.4 Å². The zero-order chi connectivity index (χ0) is 16.5. The van der Waals surface area contributed by atoms with Crippen molar-refractivity contribution < 1.29 is 4.79 Å². The molecule has 124 valence electrons. The molecule has 0 N–H and O–H groups in total. The molecule has 0 radical (unpaired) electrons. The first-order chi connectivity index (χ1) is 11.2. The number of ketones is 1. The number of benzene rings is 1. The van der Waals surface area contributed by atoms with E-state index >= 15 is 0 Å². The molecule has 0 amide bonds. The molecule has 2 rings (SSSR count). The minimum atomic E-state index is -0.0732. The van der Waals surface area contributed by atoms with Crippen molar-refractivity contribution in [3.63, 3.8) is 0 Å². The number of imidazole rings is 1. The minimum Gasteiger partial charge on any atom is -0.336 e. The predicted octanol–water partition coefficient (Wildman–Crippen LogP) is 4.90. The number of aromatic nitrogens is 2. The molecule has 0 saturated heterocycles. The summed E-state index contributed by atoms with van der Waals surface area (Å²) in [6.45, 7) is 4.96. The molecule has 1 aromatic carbocycles. The molecule has 0 spiro atoms. The van der Waals surface area contributed by atoms with Crippen LogP contribution in [0.3, 0.4) is 0 Å². The van der Waals surface area contributed by atoms with Crippen LogP contribution >= 0.6 is 0 Å². The van der Waals surface area contributed by atoms with Crippen LogP contribution in [-0.2, 0) is 11.3 Å². The second-order valence-electron chi connectivity index (χ2n) is 6.35. The summed E-state index contributed by atoms with van der Waals surface area (Å²) in [4.78, 5) is 16.8. The van der Waals surface area contributed by atoms with Gasteiger partial charge in [0.1, 0.15) is 5.78 Å². The number of Topliss-reactive ketones (excluding diaryl/α,β-unsaturated/α-hetero) is 1. The van der Waals surface area contributed by atoms with Crippen molar-refractivity contribution in [1.82, 2.24) is 9.55 Å². The molecule has 3 nitrogen and oxygen atoms in total. The molecule has 1 unspecified atom stereocenters. The fraction of sp³-hybridized carbons (Fsp3) is 0.500. The van der Waals surface area contributed by atoms with E-state index < -0.39 is 0 Å². The second kappa shape index (κ2) is 9.29. The lowest BCUT2D eigenvalue weighted by molar-refractivity contribution is -0.120. The maximum Gasteiger partial charge on any atom is 0.142 e. The van der Waals surface area contributed by atoms with Crippen LogP contribution in [0.5, 0.6) is 0 Å². The maximum absolute atomic E-state index is 12.8. The van der Waals surface area contributed by atoms with Crippen molar-refractivity contribution in [2.24, 2.45) is 0 Å². The number of carbonyl (C=O) groups is 1. The predicted molar refractivity (Wildman–Crippen MR) is 94.5 cm³/mol. The molecule has 0 fully saturated rings. The number of rotatable bonds is 10. The first kappa shape index (κ1) is 17.5. The Morgan fingerprint density at radius 3 is 2.52 bits per heavy atom. The summed E-state index contributed by atoms with van der Waals surface area (Å²) in [5.74, 6) is 0.273. The quantitative estimate of drug-likeness (QED) is 0.585. The van der Waals surface area contributed by atoms with Crippen molar-refractivity contribution in [3.8, 4) is 0 Å². The van der Waals surface area contributed by atoms with Gasteiger partial charge in [0.25, 0.3) is 0 Å². The van der Waals surface area contributed by atoms with Crippen LogP contribution in [0.4, 0.5) is 0 Å². The molecule has 1 aromatic heterocycles. The topological polar surface area (TPSA) is 34.9 Å². The summed E-state index contributed by atoms with van der Waals surface area (Å²) in [5.41, 5.74) is 2.34. The van der Waals surface area contributed by atoms with Crippen LogP contribution in [0.2, 0.25) is 0 Å². The Hall–Kier alpha value is -1.90. The van der Waals surface area contributed by atoms with E-state index in [4.69, 9.17) is 0 Å². The molecule has 0 aliphatic rings. The highest BCUT2D eigenvalue weighted by atomic mass is 16.1. The maximum atomic E-state index is 12.8. The molecular formula is C20H28N2O. The summed E-state index contributed by atoms with van der Waals surface area (Å²) in [6, 6.07) is 8.35. The lowest BCUT2D eigenvalue weighted by Gasteiger charge is -2.17. The van der Waals surface area contributed by atoms with E-state index in [1.165, 1.54) is 24.8 Å². The van der Waals surface area contributed by atoms with Gasteiger partial charge in [-0.2, -0.15) is 0 Å². The summed E-state index contributed by atoms with van der Waals surface area (Å²) in [7, 11) is 0. The monoisotopic (exact) mass is 312 g/mol. The summed E-state index contributed by atoms with van der Waals surface area (Å²) >= 11 is 0. The molecule has 3 heteroatoms. The van der Waals surface area contributed by atoms with Crippen LogP contribution in [0.25, 0.3) is 0 Å². The Labute approximate surface area is 139 Å². The van der Waals surface area contributed by atoms with Crippen LogP contribution in [-0.4, -0.2) is 15.3 Å². The number of unbranched alkanes of at least 4 members (excludes halogenated alkanes) is 4. The van der Waals surface area contributed by atoms with Crippen molar-refractivity contribution in [3.05, 3.63) is 54.1 Å². The highest BCUT2D eigenvalue weighted by Crippen LogP contribution is 2.22. The molecule has 1 heterocycles. The summed E-state index contributed by atoms with van der Waals surface area (Å²) in [6.07, 6.45) is 12.1. The summed E-state index contributed by atoms with van der Waals surface area (Å²) < 4.78 is 2.00. The second-order valence-corrected chi connectivity index (χ2v) is 6.35. The van der Waals surface area contributed by atoms with Crippen LogP contribution in [0.15, 0.2) is 43.0 Å². The van der Waals surface area contributed by atoms with E-state index in [0.29, 0.717) is 18.7 Å². The Morgan fingerprint density at radius 2 is 1.87 bits per heavy atom. The zero-order valence-electron chi connectivity index (χ0n) is 14.4. The van der Waals surface area contributed by atoms with Gasteiger partial charge in [0.2, 0.25) is 0 Å². The summed E-state index contributed by atoms with van der Waals surface area (Å²) in [5, 5.41) is 0. The van der Waals surface area contributed by atoms with Crippen LogP contribution < -0.4 is 0 Å². The van der Waals surface area contributed by atoms with Gasteiger partial charge in [0.15, 0.2) is 0 Å². The van der Waals surface area contributed by atoms with Gasteiger partial charge in [0.05, 0.1) is 12.2 Å². The fourth-order valence-electron chi connectivity index (χ4n) is 2.87. The molecule has 0 saturated carbocycles. The largest absolute Gasteiger partial charge is 0.336 e. The Balaban J connectivity index is 2.00. The Bertz CT molecular complexity index is 572. The van der Waals surface area contributed by atoms with Gasteiger partial charge in [0, 0.05) is 25.4 Å². The third kappa shape index (κ3) is 5.66. The van der Waals surface area contributed by atoms with E-state index in [9.17, 15) is 4.79 Å². The number of hydrogen-bond donors (Lipinski definition) is 0. The molecule has 0 aliphatic carbocycles. The molecule has 0 aliphatic heterocycles. The van der Waals surface area contributed by atoms with Gasteiger partial charge in [-0.05, 0) is 18.9 Å². The smallest absolute Gasteiger partial charge is 0.142 e. The molecule has 23 heavy (non-hydrogen) atoms. The van der Waals surface area contributed by atoms with E-state index in [2.05, 4.69) is 43.1 Å². The van der Waals surface area contributed by atoms with Gasteiger partial charge in [-0.25, -0.2) is 4.98 Å². The van der Waals surface area contributed by atoms with E-state index in [1.807, 2.05) is 10.8 Å². The highest BCUT2D eigenvalue weighted by Gasteiger charge is 2.20. The van der Waals surface area contributed by atoms with Crippen LogP contribution in [0, 0.1) is 6.92 Å². The van der Waals surface area contributed by atoms with Gasteiger partial charge in [-0.3, -0.25) is 4.79 Å². The minimum absolute atomic E-state index is 0.0732. The Morgan fingerprint density at radius 1 is 1.13 bits per heavy atom. The van der Waals surface area contributed by atoms with Gasteiger partial charge < -0.3 is 4.57 Å². The first-order valence-electron chi connectivity index (χ1n) is 8.75. The first-order valence-corrected chi connectivity index (χ1v) is 8.75. The number of hydrogen-bond acceptors (Lipinski definition) is 2. The van der Waals surface area contributed by atoms with Gasteiger partial charge in [-0.1, -0.05) is 62.4 Å². The lowest BCUT2D eigenvalue weighted by atomic mass is 9.91. The van der Waals surface area contributed by atoms with Gasteiger partial charge in [-0.15, -0.1) is 0 Å². The molecular weight excluding hydrogens is 284 g/mol. The average molecular weight is 312 g/mol. The average Bonchev–Trinajstić information content (AvgIpc) is 3.06. The number of aryl methyl sites for hydroxylation is 1. The molecule has 0 bridgehead atoms. The molecule has 1 atom stereocenters. The van der Waals surface area contributed by atoms with Crippen molar-refractivity contribution >= 4 is 5.78 Å². The van der Waals surface area contributed by atoms with Crippen molar-refractivity contribution in [2.45, 2.75) is 64.8 Å². The third-order valence-electron chi connectivity index (χ3n) is 4.35. The van der Waals surface area contributed by atoms with Crippen molar-refractivity contribution in [2.75, 3.05) is 0 Å². The fourth-order valence-corrected chi connectivity index (χ4v) is 2.87. The number of carbonyl (C=O) groups excluding carboxylic acids is 1. The van der Waals surface area contributed by atoms with Crippen molar-refractivity contribution in [1.29, 1.82) is 0 Å².